The number of rotatable bonds is 4. The summed E-state index contributed by atoms with van der Waals surface area (Å²) in [6.07, 6.45) is 0. The van der Waals surface area contributed by atoms with Crippen molar-refractivity contribution in [3.63, 3.8) is 0 Å². The van der Waals surface area contributed by atoms with Crippen LogP contribution in [0.4, 0.5) is 4.39 Å². The second-order valence-corrected chi connectivity index (χ2v) is 6.14. The van der Waals surface area contributed by atoms with Crippen LogP contribution >= 0.6 is 0 Å². The van der Waals surface area contributed by atoms with Crippen LogP contribution in [0.3, 0.4) is 0 Å². The summed E-state index contributed by atoms with van der Waals surface area (Å²) in [6, 6.07) is 13.4. The summed E-state index contributed by atoms with van der Waals surface area (Å²) in [5.74, 6) is 0.226. The zero-order chi connectivity index (χ0) is 17.2. The molecular formula is C19H22FNO3. The van der Waals surface area contributed by atoms with Gasteiger partial charge in [-0.05, 0) is 30.7 Å². The Bertz CT molecular complexity index is 711. The lowest BCUT2D eigenvalue weighted by Gasteiger charge is -2.48. The first-order chi connectivity index (χ1) is 11.5. The summed E-state index contributed by atoms with van der Waals surface area (Å²) in [5.41, 5.74) is -1.37. The maximum atomic E-state index is 13.7. The quantitative estimate of drug-likeness (QED) is 0.904. The number of methoxy groups -OCH3 is 1. The Morgan fingerprint density at radius 3 is 2.71 bits per heavy atom. The fourth-order valence-corrected chi connectivity index (χ4v) is 3.36. The standard InChI is InChI=1S/C19H22FNO3/c1-18(22,14-6-5-7-15(20)12-14)19(13-21-10-11-24-19)16-8-3-4-9-17(16)23-2/h3-9,12,21-22H,10-11,13H2,1-2H3. The SMILES string of the molecule is COc1ccccc1C1(C(C)(O)c2cccc(F)c2)CNCCO1. The molecule has 2 aromatic carbocycles. The highest BCUT2D eigenvalue weighted by molar-refractivity contribution is 5.43. The first-order valence-electron chi connectivity index (χ1n) is 7.98. The number of hydrogen-bond acceptors (Lipinski definition) is 4. The molecule has 2 aromatic rings. The van der Waals surface area contributed by atoms with Crippen molar-refractivity contribution in [1.29, 1.82) is 0 Å². The molecule has 2 atom stereocenters. The van der Waals surface area contributed by atoms with Crippen LogP contribution in [-0.4, -0.2) is 31.9 Å². The normalized spacial score (nSPS) is 23.5. The van der Waals surface area contributed by atoms with E-state index in [2.05, 4.69) is 5.32 Å². The van der Waals surface area contributed by atoms with Crippen LogP contribution in [0.25, 0.3) is 0 Å². The van der Waals surface area contributed by atoms with E-state index < -0.39 is 17.0 Å². The van der Waals surface area contributed by atoms with Gasteiger partial charge in [-0.25, -0.2) is 4.39 Å². The fraction of sp³-hybridized carbons (Fsp3) is 0.368. The average molecular weight is 331 g/mol. The van der Waals surface area contributed by atoms with Gasteiger partial charge >= 0.3 is 0 Å². The minimum atomic E-state index is -1.46. The molecule has 0 bridgehead atoms. The molecular weight excluding hydrogens is 309 g/mol. The maximum absolute atomic E-state index is 13.7. The van der Waals surface area contributed by atoms with E-state index in [1.807, 2.05) is 24.3 Å². The van der Waals surface area contributed by atoms with Crippen LogP contribution in [0.2, 0.25) is 0 Å². The molecule has 0 radical (unpaired) electrons. The third-order valence-corrected chi connectivity index (χ3v) is 4.72. The van der Waals surface area contributed by atoms with Crippen molar-refractivity contribution < 1.29 is 19.0 Å². The predicted octanol–water partition coefficient (Wildman–Crippen LogP) is 2.56. The molecule has 1 saturated heterocycles. The molecule has 0 saturated carbocycles. The Balaban J connectivity index is 2.19. The van der Waals surface area contributed by atoms with E-state index >= 15 is 0 Å². The van der Waals surface area contributed by atoms with Crippen molar-refractivity contribution in [3.8, 4) is 5.75 Å². The molecule has 24 heavy (non-hydrogen) atoms. The van der Waals surface area contributed by atoms with Gasteiger partial charge in [0.25, 0.3) is 0 Å². The van der Waals surface area contributed by atoms with Crippen molar-refractivity contribution in [2.75, 3.05) is 26.8 Å². The van der Waals surface area contributed by atoms with Gasteiger partial charge in [-0.3, -0.25) is 0 Å². The van der Waals surface area contributed by atoms with Crippen molar-refractivity contribution in [2.24, 2.45) is 0 Å². The molecule has 0 spiro atoms. The lowest BCUT2D eigenvalue weighted by molar-refractivity contribution is -0.200. The van der Waals surface area contributed by atoms with Gasteiger partial charge in [0.1, 0.15) is 22.8 Å². The molecule has 1 aliphatic heterocycles. The number of benzene rings is 2. The molecule has 1 fully saturated rings. The maximum Gasteiger partial charge on any atom is 0.141 e. The van der Waals surface area contributed by atoms with Gasteiger partial charge in [0.05, 0.1) is 13.7 Å². The highest BCUT2D eigenvalue weighted by atomic mass is 19.1. The lowest BCUT2D eigenvalue weighted by Crippen LogP contribution is -2.59. The second-order valence-electron chi connectivity index (χ2n) is 6.14. The molecule has 3 rings (SSSR count). The molecule has 2 unspecified atom stereocenters. The number of hydrogen-bond donors (Lipinski definition) is 2. The van der Waals surface area contributed by atoms with Gasteiger partial charge in [-0.2, -0.15) is 0 Å². The van der Waals surface area contributed by atoms with E-state index in [1.54, 1.807) is 26.2 Å². The zero-order valence-electron chi connectivity index (χ0n) is 13.9. The van der Waals surface area contributed by atoms with E-state index in [0.29, 0.717) is 31.0 Å². The van der Waals surface area contributed by atoms with E-state index in [9.17, 15) is 9.50 Å². The summed E-state index contributed by atoms with van der Waals surface area (Å²) in [7, 11) is 1.58. The minimum Gasteiger partial charge on any atom is -0.496 e. The first kappa shape index (κ1) is 16.9. The number of nitrogens with one attached hydrogen (secondary N) is 1. The van der Waals surface area contributed by atoms with Gasteiger partial charge < -0.3 is 19.9 Å². The number of aliphatic hydroxyl groups is 1. The molecule has 4 nitrogen and oxygen atoms in total. The molecule has 0 aliphatic carbocycles. The minimum absolute atomic E-state index is 0.386. The van der Waals surface area contributed by atoms with Crippen LogP contribution in [0.5, 0.6) is 5.75 Å². The molecule has 128 valence electrons. The third-order valence-electron chi connectivity index (χ3n) is 4.72. The van der Waals surface area contributed by atoms with Gasteiger partial charge in [0.15, 0.2) is 0 Å². The molecule has 1 heterocycles. The summed E-state index contributed by atoms with van der Waals surface area (Å²) in [6.45, 7) is 3.16. The van der Waals surface area contributed by atoms with Crippen molar-refractivity contribution >= 4 is 0 Å². The number of ether oxygens (including phenoxy) is 2. The largest absolute Gasteiger partial charge is 0.496 e. The molecule has 0 amide bonds. The van der Waals surface area contributed by atoms with Gasteiger partial charge in [-0.1, -0.05) is 30.3 Å². The van der Waals surface area contributed by atoms with E-state index in [0.717, 1.165) is 5.56 Å². The second kappa shape index (κ2) is 6.51. The van der Waals surface area contributed by atoms with Crippen molar-refractivity contribution in [1.82, 2.24) is 5.32 Å². The highest BCUT2D eigenvalue weighted by Crippen LogP contribution is 2.47. The first-order valence-corrected chi connectivity index (χ1v) is 7.98. The fourth-order valence-electron chi connectivity index (χ4n) is 3.36. The Hall–Kier alpha value is -1.95. The Labute approximate surface area is 141 Å². The van der Waals surface area contributed by atoms with Crippen LogP contribution in [-0.2, 0) is 15.9 Å². The smallest absolute Gasteiger partial charge is 0.141 e. The van der Waals surface area contributed by atoms with Crippen LogP contribution in [0.1, 0.15) is 18.1 Å². The molecule has 0 aromatic heterocycles. The highest BCUT2D eigenvalue weighted by Gasteiger charge is 2.53. The zero-order valence-corrected chi connectivity index (χ0v) is 13.9. The Morgan fingerprint density at radius 2 is 2.04 bits per heavy atom. The molecule has 5 heteroatoms. The van der Waals surface area contributed by atoms with Gasteiger partial charge in [0, 0.05) is 18.7 Å². The predicted molar refractivity (Wildman–Crippen MR) is 89.5 cm³/mol. The Morgan fingerprint density at radius 1 is 1.25 bits per heavy atom. The third kappa shape index (κ3) is 2.69. The summed E-state index contributed by atoms with van der Waals surface area (Å²) in [5, 5.41) is 14.8. The van der Waals surface area contributed by atoms with Crippen molar-refractivity contribution in [3.05, 3.63) is 65.5 Å². The topological polar surface area (TPSA) is 50.7 Å². The average Bonchev–Trinajstić information content (AvgIpc) is 2.62. The molecule has 1 aliphatic rings. The van der Waals surface area contributed by atoms with Crippen molar-refractivity contribution in [2.45, 2.75) is 18.1 Å². The monoisotopic (exact) mass is 331 g/mol. The number of morpholine rings is 1. The van der Waals surface area contributed by atoms with Crippen LogP contribution in [0, 0.1) is 5.82 Å². The van der Waals surface area contributed by atoms with Crippen LogP contribution < -0.4 is 10.1 Å². The Kier molecular flexibility index (Phi) is 4.58. The van der Waals surface area contributed by atoms with E-state index in [1.165, 1.54) is 12.1 Å². The lowest BCUT2D eigenvalue weighted by atomic mass is 9.73. The van der Waals surface area contributed by atoms with Gasteiger partial charge in [-0.15, -0.1) is 0 Å². The summed E-state index contributed by atoms with van der Waals surface area (Å²) < 4.78 is 25.4. The van der Waals surface area contributed by atoms with Crippen LogP contribution in [0.15, 0.2) is 48.5 Å². The van der Waals surface area contributed by atoms with Gasteiger partial charge in [0.2, 0.25) is 0 Å². The molecule has 2 N–H and O–H groups in total. The van der Waals surface area contributed by atoms with E-state index in [4.69, 9.17) is 9.47 Å². The summed E-state index contributed by atoms with van der Waals surface area (Å²) in [4.78, 5) is 0. The summed E-state index contributed by atoms with van der Waals surface area (Å²) >= 11 is 0. The van der Waals surface area contributed by atoms with E-state index in [-0.39, 0.29) is 0 Å². The number of halogens is 1. The number of para-hydroxylation sites is 1.